The molecule has 2 unspecified atom stereocenters. The zero-order valence-corrected chi connectivity index (χ0v) is 11.2. The van der Waals surface area contributed by atoms with Gasteiger partial charge in [0.2, 0.25) is 11.8 Å². The number of rotatable bonds is 6. The molecule has 6 heteroatoms. The fourth-order valence-corrected chi connectivity index (χ4v) is 1.97. The van der Waals surface area contributed by atoms with E-state index in [2.05, 4.69) is 10.6 Å². The monoisotopic (exact) mass is 280 g/mol. The van der Waals surface area contributed by atoms with Gasteiger partial charge in [0.25, 0.3) is 0 Å². The lowest BCUT2D eigenvalue weighted by molar-refractivity contribution is -0.125. The van der Waals surface area contributed by atoms with Crippen LogP contribution in [0.2, 0.25) is 0 Å². The summed E-state index contributed by atoms with van der Waals surface area (Å²) in [5.74, 6) is -1.66. The van der Waals surface area contributed by atoms with Gasteiger partial charge in [-0.1, -0.05) is 12.1 Å². The standard InChI is InChI=1S/C14H17FN2O3/c1-20-7-6-16-13(18)9-8-10(9)14(19)17-12-5-3-2-4-11(12)15/h2-5,9-10H,6-8H2,1H3,(H,16,18)(H,17,19). The van der Waals surface area contributed by atoms with E-state index in [0.717, 1.165) is 0 Å². The topological polar surface area (TPSA) is 67.4 Å². The molecule has 0 bridgehead atoms. The van der Waals surface area contributed by atoms with Crippen molar-refractivity contribution in [3.63, 3.8) is 0 Å². The van der Waals surface area contributed by atoms with E-state index in [1.807, 2.05) is 0 Å². The van der Waals surface area contributed by atoms with E-state index >= 15 is 0 Å². The van der Waals surface area contributed by atoms with Gasteiger partial charge in [0.1, 0.15) is 5.82 Å². The third-order valence-corrected chi connectivity index (χ3v) is 3.20. The summed E-state index contributed by atoms with van der Waals surface area (Å²) in [7, 11) is 1.55. The Morgan fingerprint density at radius 3 is 2.70 bits per heavy atom. The quantitative estimate of drug-likeness (QED) is 0.768. The first-order valence-corrected chi connectivity index (χ1v) is 6.45. The minimum Gasteiger partial charge on any atom is -0.383 e. The molecule has 2 N–H and O–H groups in total. The van der Waals surface area contributed by atoms with E-state index in [-0.39, 0.29) is 29.3 Å². The predicted molar refractivity (Wildman–Crippen MR) is 71.5 cm³/mol. The van der Waals surface area contributed by atoms with Crippen molar-refractivity contribution >= 4 is 17.5 Å². The molecule has 1 aliphatic rings. The van der Waals surface area contributed by atoms with Gasteiger partial charge in [-0.2, -0.15) is 0 Å². The van der Waals surface area contributed by atoms with Crippen LogP contribution in [-0.2, 0) is 14.3 Å². The largest absolute Gasteiger partial charge is 0.383 e. The highest BCUT2D eigenvalue weighted by Gasteiger charge is 2.47. The fourth-order valence-electron chi connectivity index (χ4n) is 1.97. The van der Waals surface area contributed by atoms with Crippen LogP contribution in [0.5, 0.6) is 0 Å². The number of carbonyl (C=O) groups excluding carboxylic acids is 2. The maximum atomic E-state index is 13.4. The molecular formula is C14H17FN2O3. The van der Waals surface area contributed by atoms with E-state index in [0.29, 0.717) is 19.6 Å². The first-order valence-electron chi connectivity index (χ1n) is 6.45. The van der Waals surface area contributed by atoms with Crippen molar-refractivity contribution < 1.29 is 18.7 Å². The number of ether oxygens (including phenoxy) is 1. The van der Waals surface area contributed by atoms with Crippen LogP contribution in [0.15, 0.2) is 24.3 Å². The van der Waals surface area contributed by atoms with Crippen molar-refractivity contribution in [2.24, 2.45) is 11.8 Å². The van der Waals surface area contributed by atoms with Crippen LogP contribution in [0.3, 0.4) is 0 Å². The van der Waals surface area contributed by atoms with Crippen molar-refractivity contribution in [3.8, 4) is 0 Å². The summed E-state index contributed by atoms with van der Waals surface area (Å²) in [5.41, 5.74) is 0.142. The highest BCUT2D eigenvalue weighted by molar-refractivity contribution is 5.99. The number of hydrogen-bond donors (Lipinski definition) is 2. The highest BCUT2D eigenvalue weighted by Crippen LogP contribution is 2.39. The molecule has 1 aromatic carbocycles. The third kappa shape index (κ3) is 3.54. The lowest BCUT2D eigenvalue weighted by atomic mass is 10.2. The summed E-state index contributed by atoms with van der Waals surface area (Å²) in [6.45, 7) is 0.859. The van der Waals surface area contributed by atoms with E-state index < -0.39 is 5.82 Å². The maximum Gasteiger partial charge on any atom is 0.228 e. The molecule has 5 nitrogen and oxygen atoms in total. The number of methoxy groups -OCH3 is 1. The van der Waals surface area contributed by atoms with Crippen LogP contribution in [0.4, 0.5) is 10.1 Å². The summed E-state index contributed by atoms with van der Waals surface area (Å²) in [4.78, 5) is 23.6. The number of benzene rings is 1. The number of para-hydroxylation sites is 1. The molecule has 20 heavy (non-hydrogen) atoms. The van der Waals surface area contributed by atoms with Gasteiger partial charge in [-0.25, -0.2) is 4.39 Å². The molecule has 1 saturated carbocycles. The molecule has 0 heterocycles. The molecule has 1 aliphatic carbocycles. The Morgan fingerprint density at radius 1 is 1.30 bits per heavy atom. The molecule has 0 spiro atoms. The summed E-state index contributed by atoms with van der Waals surface area (Å²) >= 11 is 0. The third-order valence-electron chi connectivity index (χ3n) is 3.20. The Balaban J connectivity index is 1.81. The summed E-state index contributed by atoms with van der Waals surface area (Å²) in [6.07, 6.45) is 0.499. The average molecular weight is 280 g/mol. The van der Waals surface area contributed by atoms with Crippen molar-refractivity contribution in [1.82, 2.24) is 5.32 Å². The minimum atomic E-state index is -0.484. The summed E-state index contributed by atoms with van der Waals surface area (Å²) < 4.78 is 18.2. The number of anilines is 1. The van der Waals surface area contributed by atoms with Gasteiger partial charge in [0.05, 0.1) is 24.1 Å². The summed E-state index contributed by atoms with van der Waals surface area (Å²) in [5, 5.41) is 5.19. The van der Waals surface area contributed by atoms with Crippen molar-refractivity contribution in [1.29, 1.82) is 0 Å². The molecule has 0 saturated heterocycles. The average Bonchev–Trinajstić information content (AvgIpc) is 3.22. The van der Waals surface area contributed by atoms with Crippen LogP contribution < -0.4 is 10.6 Å². The van der Waals surface area contributed by atoms with Gasteiger partial charge in [-0.05, 0) is 18.6 Å². The molecule has 2 amide bonds. The van der Waals surface area contributed by atoms with Crippen molar-refractivity contribution in [2.75, 3.05) is 25.6 Å². The van der Waals surface area contributed by atoms with Gasteiger partial charge in [-0.3, -0.25) is 9.59 Å². The lowest BCUT2D eigenvalue weighted by Crippen LogP contribution is -2.30. The summed E-state index contributed by atoms with van der Waals surface area (Å²) in [6, 6.07) is 5.95. The van der Waals surface area contributed by atoms with E-state index in [9.17, 15) is 14.0 Å². The number of nitrogens with one attached hydrogen (secondary N) is 2. The van der Waals surface area contributed by atoms with Gasteiger partial charge in [0, 0.05) is 13.7 Å². The Bertz CT molecular complexity index is 507. The van der Waals surface area contributed by atoms with Gasteiger partial charge >= 0.3 is 0 Å². The van der Waals surface area contributed by atoms with Gasteiger partial charge in [-0.15, -0.1) is 0 Å². The fraction of sp³-hybridized carbons (Fsp3) is 0.429. The molecular weight excluding hydrogens is 263 g/mol. The number of amides is 2. The smallest absolute Gasteiger partial charge is 0.228 e. The molecule has 0 radical (unpaired) electrons. The van der Waals surface area contributed by atoms with Crippen molar-refractivity contribution in [2.45, 2.75) is 6.42 Å². The van der Waals surface area contributed by atoms with Crippen LogP contribution >= 0.6 is 0 Å². The lowest BCUT2D eigenvalue weighted by Gasteiger charge is -2.06. The van der Waals surface area contributed by atoms with Crippen LogP contribution in [0, 0.1) is 17.7 Å². The van der Waals surface area contributed by atoms with E-state index in [4.69, 9.17) is 4.74 Å². The van der Waals surface area contributed by atoms with Gasteiger partial charge < -0.3 is 15.4 Å². The first kappa shape index (κ1) is 14.5. The van der Waals surface area contributed by atoms with E-state index in [1.54, 1.807) is 19.2 Å². The van der Waals surface area contributed by atoms with Crippen molar-refractivity contribution in [3.05, 3.63) is 30.1 Å². The molecule has 2 rings (SSSR count). The number of hydrogen-bond acceptors (Lipinski definition) is 3. The van der Waals surface area contributed by atoms with Crippen LogP contribution in [-0.4, -0.2) is 32.1 Å². The Kier molecular flexibility index (Phi) is 4.68. The second kappa shape index (κ2) is 6.47. The van der Waals surface area contributed by atoms with Crippen LogP contribution in [0.1, 0.15) is 6.42 Å². The number of halogens is 1. The molecule has 2 atom stereocenters. The maximum absolute atomic E-state index is 13.4. The molecule has 0 aliphatic heterocycles. The predicted octanol–water partition coefficient (Wildman–Crippen LogP) is 1.16. The Morgan fingerprint density at radius 2 is 2.00 bits per heavy atom. The second-order valence-corrected chi connectivity index (χ2v) is 4.70. The normalized spacial score (nSPS) is 20.3. The van der Waals surface area contributed by atoms with E-state index in [1.165, 1.54) is 12.1 Å². The van der Waals surface area contributed by atoms with Crippen LogP contribution in [0.25, 0.3) is 0 Å². The Hall–Kier alpha value is -1.95. The first-order chi connectivity index (χ1) is 9.63. The second-order valence-electron chi connectivity index (χ2n) is 4.70. The Labute approximate surface area is 116 Å². The zero-order chi connectivity index (χ0) is 14.5. The molecule has 1 fully saturated rings. The SMILES string of the molecule is COCCNC(=O)C1CC1C(=O)Nc1ccccc1F. The number of carbonyl (C=O) groups is 2. The molecule has 108 valence electrons. The minimum absolute atomic E-state index is 0.142. The highest BCUT2D eigenvalue weighted by atomic mass is 19.1. The molecule has 1 aromatic rings. The van der Waals surface area contributed by atoms with Gasteiger partial charge in [0.15, 0.2) is 0 Å². The zero-order valence-electron chi connectivity index (χ0n) is 11.2. The molecule has 0 aromatic heterocycles.